The van der Waals surface area contributed by atoms with E-state index in [4.69, 9.17) is 0 Å². The summed E-state index contributed by atoms with van der Waals surface area (Å²) in [5, 5.41) is 2.57. The topological polar surface area (TPSA) is 46.2 Å². The second kappa shape index (κ2) is 7.42. The van der Waals surface area contributed by atoms with Crippen molar-refractivity contribution < 1.29 is 22.8 Å². The van der Waals surface area contributed by atoms with Gasteiger partial charge in [-0.05, 0) is 18.1 Å². The summed E-state index contributed by atoms with van der Waals surface area (Å²) in [6.07, 6.45) is -4.95. The van der Waals surface area contributed by atoms with Crippen LogP contribution in [0.5, 0.6) is 0 Å². The summed E-state index contributed by atoms with van der Waals surface area (Å²) in [6.45, 7) is 4.59. The Morgan fingerprint density at radius 3 is 2.41 bits per heavy atom. The summed E-state index contributed by atoms with van der Waals surface area (Å²) in [4.78, 5) is 23.6. The minimum Gasteiger partial charge on any atom is -0.326 e. The third-order valence-corrected chi connectivity index (χ3v) is 3.59. The molecule has 0 saturated heterocycles. The number of halogens is 3. The van der Waals surface area contributed by atoms with Gasteiger partial charge in [-0.1, -0.05) is 32.9 Å². The highest BCUT2D eigenvalue weighted by Gasteiger charge is 2.34. The van der Waals surface area contributed by atoms with Crippen LogP contribution in [0, 0.1) is 11.8 Å². The van der Waals surface area contributed by atoms with Gasteiger partial charge in [0.1, 0.15) is 0 Å². The SMILES string of the molecule is CCC(=O)c1cccc(NC(=O)C(C)C(C)CC(F)(F)F)c1. The lowest BCUT2D eigenvalue weighted by Gasteiger charge is -2.20. The zero-order valence-electron chi connectivity index (χ0n) is 12.8. The number of alkyl halides is 3. The van der Waals surface area contributed by atoms with Gasteiger partial charge in [-0.2, -0.15) is 13.2 Å². The molecule has 2 unspecified atom stereocenters. The Morgan fingerprint density at radius 1 is 1.23 bits per heavy atom. The smallest absolute Gasteiger partial charge is 0.326 e. The van der Waals surface area contributed by atoms with Crippen LogP contribution in [0.1, 0.15) is 44.0 Å². The van der Waals surface area contributed by atoms with Crippen LogP contribution >= 0.6 is 0 Å². The summed E-state index contributed by atoms with van der Waals surface area (Å²) >= 11 is 0. The maximum absolute atomic E-state index is 12.4. The van der Waals surface area contributed by atoms with Crippen molar-refractivity contribution >= 4 is 17.4 Å². The van der Waals surface area contributed by atoms with Crippen molar-refractivity contribution in [2.45, 2.75) is 39.8 Å². The molecule has 1 rings (SSSR count). The molecule has 0 bridgehead atoms. The molecule has 1 aromatic carbocycles. The average molecular weight is 315 g/mol. The largest absolute Gasteiger partial charge is 0.389 e. The predicted octanol–water partition coefficient (Wildman–Crippen LogP) is 4.44. The molecule has 22 heavy (non-hydrogen) atoms. The molecule has 2 atom stereocenters. The number of ketones is 1. The molecule has 0 aliphatic rings. The summed E-state index contributed by atoms with van der Waals surface area (Å²) in [6, 6.07) is 6.40. The zero-order chi connectivity index (χ0) is 16.9. The van der Waals surface area contributed by atoms with E-state index < -0.39 is 30.3 Å². The first-order valence-corrected chi connectivity index (χ1v) is 7.15. The Kier molecular flexibility index (Phi) is 6.14. The number of hydrogen-bond acceptors (Lipinski definition) is 2. The number of benzene rings is 1. The van der Waals surface area contributed by atoms with Gasteiger partial charge in [-0.3, -0.25) is 9.59 Å². The zero-order valence-corrected chi connectivity index (χ0v) is 12.8. The van der Waals surface area contributed by atoms with Gasteiger partial charge < -0.3 is 5.32 Å². The Hall–Kier alpha value is -1.85. The fourth-order valence-electron chi connectivity index (χ4n) is 2.03. The van der Waals surface area contributed by atoms with Crippen LogP contribution in [0.25, 0.3) is 0 Å². The summed E-state index contributed by atoms with van der Waals surface area (Å²) in [7, 11) is 0. The number of hydrogen-bond donors (Lipinski definition) is 1. The van der Waals surface area contributed by atoms with Crippen molar-refractivity contribution in [1.82, 2.24) is 0 Å². The fourth-order valence-corrected chi connectivity index (χ4v) is 2.03. The van der Waals surface area contributed by atoms with Crippen LogP contribution < -0.4 is 5.32 Å². The predicted molar refractivity (Wildman–Crippen MR) is 78.7 cm³/mol. The Labute approximate surface area is 127 Å². The molecule has 122 valence electrons. The number of Topliss-reactive ketones (excluding diaryl/α,β-unsaturated/α-hetero) is 1. The van der Waals surface area contributed by atoms with E-state index in [2.05, 4.69) is 5.32 Å². The van der Waals surface area contributed by atoms with Gasteiger partial charge >= 0.3 is 6.18 Å². The van der Waals surface area contributed by atoms with Crippen molar-refractivity contribution in [3.8, 4) is 0 Å². The molecule has 1 N–H and O–H groups in total. The van der Waals surface area contributed by atoms with E-state index in [1.807, 2.05) is 0 Å². The third-order valence-electron chi connectivity index (χ3n) is 3.59. The average Bonchev–Trinajstić information content (AvgIpc) is 2.43. The van der Waals surface area contributed by atoms with Crippen LogP contribution in [0.4, 0.5) is 18.9 Å². The van der Waals surface area contributed by atoms with E-state index in [-0.39, 0.29) is 5.78 Å². The lowest BCUT2D eigenvalue weighted by molar-refractivity contribution is -0.148. The fraction of sp³-hybridized carbons (Fsp3) is 0.500. The van der Waals surface area contributed by atoms with Crippen molar-refractivity contribution in [3.63, 3.8) is 0 Å². The molecular weight excluding hydrogens is 295 g/mol. The van der Waals surface area contributed by atoms with Gasteiger partial charge in [0.05, 0.1) is 0 Å². The highest BCUT2D eigenvalue weighted by molar-refractivity contribution is 5.98. The minimum absolute atomic E-state index is 0.0606. The summed E-state index contributed by atoms with van der Waals surface area (Å²) in [5.74, 6) is -2.15. The van der Waals surface area contributed by atoms with Crippen LogP contribution in [0.3, 0.4) is 0 Å². The molecule has 0 radical (unpaired) electrons. The van der Waals surface area contributed by atoms with Gasteiger partial charge in [-0.25, -0.2) is 0 Å². The molecule has 0 aliphatic carbocycles. The van der Waals surface area contributed by atoms with Crippen LogP contribution in [-0.2, 0) is 4.79 Å². The summed E-state index contributed by atoms with van der Waals surface area (Å²) < 4.78 is 37.1. The lowest BCUT2D eigenvalue weighted by Crippen LogP contribution is -2.28. The van der Waals surface area contributed by atoms with E-state index >= 15 is 0 Å². The number of carbonyl (C=O) groups excluding carboxylic acids is 2. The van der Waals surface area contributed by atoms with Crippen molar-refractivity contribution in [2.75, 3.05) is 5.32 Å². The molecular formula is C16H20F3NO2. The first kappa shape index (κ1) is 18.2. The monoisotopic (exact) mass is 315 g/mol. The van der Waals surface area contributed by atoms with Crippen LogP contribution in [0.15, 0.2) is 24.3 Å². The van der Waals surface area contributed by atoms with Gasteiger partial charge in [0.2, 0.25) is 5.91 Å². The molecule has 1 aromatic rings. The minimum atomic E-state index is -4.29. The van der Waals surface area contributed by atoms with Gasteiger partial charge in [0.25, 0.3) is 0 Å². The second-order valence-corrected chi connectivity index (χ2v) is 5.43. The van der Waals surface area contributed by atoms with Crippen molar-refractivity contribution in [1.29, 1.82) is 0 Å². The molecule has 0 heterocycles. The highest BCUT2D eigenvalue weighted by atomic mass is 19.4. The Bertz CT molecular complexity index is 540. The quantitative estimate of drug-likeness (QED) is 0.789. The first-order valence-electron chi connectivity index (χ1n) is 7.15. The lowest BCUT2D eigenvalue weighted by atomic mass is 9.92. The molecule has 0 aromatic heterocycles. The van der Waals surface area contributed by atoms with Gasteiger partial charge in [0.15, 0.2) is 5.78 Å². The third kappa shape index (κ3) is 5.50. The summed E-state index contributed by atoms with van der Waals surface area (Å²) in [5.41, 5.74) is 0.881. The molecule has 3 nitrogen and oxygen atoms in total. The maximum atomic E-state index is 12.4. The Morgan fingerprint density at radius 2 is 1.86 bits per heavy atom. The Balaban J connectivity index is 2.74. The number of nitrogens with one attached hydrogen (secondary N) is 1. The number of rotatable bonds is 6. The molecule has 6 heteroatoms. The maximum Gasteiger partial charge on any atom is 0.389 e. The van der Waals surface area contributed by atoms with Gasteiger partial charge in [0, 0.05) is 30.0 Å². The standard InChI is InChI=1S/C16H20F3NO2/c1-4-14(21)12-6-5-7-13(8-12)20-15(22)11(3)10(2)9-16(17,18)19/h5-8,10-11H,4,9H2,1-3H3,(H,20,22). The highest BCUT2D eigenvalue weighted by Crippen LogP contribution is 2.29. The number of carbonyl (C=O) groups is 2. The van der Waals surface area contributed by atoms with E-state index in [0.717, 1.165) is 0 Å². The number of anilines is 1. The molecule has 0 fully saturated rings. The second-order valence-electron chi connectivity index (χ2n) is 5.43. The van der Waals surface area contributed by atoms with Gasteiger partial charge in [-0.15, -0.1) is 0 Å². The molecule has 0 spiro atoms. The van der Waals surface area contributed by atoms with E-state index in [1.54, 1.807) is 25.1 Å². The van der Waals surface area contributed by atoms with Crippen LogP contribution in [-0.4, -0.2) is 17.9 Å². The first-order chi connectivity index (χ1) is 10.1. The van der Waals surface area contributed by atoms with E-state index in [9.17, 15) is 22.8 Å². The number of amides is 1. The molecule has 0 aliphatic heterocycles. The van der Waals surface area contributed by atoms with E-state index in [1.165, 1.54) is 19.9 Å². The van der Waals surface area contributed by atoms with Crippen molar-refractivity contribution in [3.05, 3.63) is 29.8 Å². The van der Waals surface area contributed by atoms with Crippen molar-refractivity contribution in [2.24, 2.45) is 11.8 Å². The molecule has 1 amide bonds. The molecule has 0 saturated carbocycles. The van der Waals surface area contributed by atoms with Crippen LogP contribution in [0.2, 0.25) is 0 Å². The normalized spacial score (nSPS) is 14.3. The van der Waals surface area contributed by atoms with E-state index in [0.29, 0.717) is 17.7 Å².